The molecule has 0 aliphatic rings. The van der Waals surface area contributed by atoms with E-state index in [4.69, 9.17) is 0 Å². The van der Waals surface area contributed by atoms with Crippen LogP contribution in [0.1, 0.15) is 21.1 Å². The highest BCUT2D eigenvalue weighted by Gasteiger charge is 2.07. The van der Waals surface area contributed by atoms with Gasteiger partial charge < -0.3 is 10.6 Å². The van der Waals surface area contributed by atoms with E-state index in [1.807, 2.05) is 13.8 Å². The minimum Gasteiger partial charge on any atom is -0.356 e. The first-order valence-electron chi connectivity index (χ1n) is 7.31. The van der Waals surface area contributed by atoms with Crippen molar-refractivity contribution in [1.29, 1.82) is 0 Å². The Hall–Kier alpha value is -1.29. The number of hydrogen-bond acceptors (Lipinski definition) is 3. The lowest BCUT2D eigenvalue weighted by atomic mass is 10.2. The molecule has 2 rings (SSSR count). The van der Waals surface area contributed by atoms with Gasteiger partial charge in [-0.3, -0.25) is 4.99 Å². The summed E-state index contributed by atoms with van der Waals surface area (Å²) in [5.74, 6) is -0.347. The molecule has 1 aromatic carbocycles. The normalized spacial score (nSPS) is 11.1. The summed E-state index contributed by atoms with van der Waals surface area (Å²) in [6, 6.07) is 3.40. The van der Waals surface area contributed by atoms with Crippen LogP contribution in [-0.2, 0) is 13.0 Å². The van der Waals surface area contributed by atoms with Crippen LogP contribution in [-0.4, -0.2) is 24.5 Å². The van der Waals surface area contributed by atoms with E-state index in [0.29, 0.717) is 12.5 Å². The van der Waals surface area contributed by atoms with Crippen LogP contribution in [0.5, 0.6) is 0 Å². The highest BCUT2D eigenvalue weighted by Crippen LogP contribution is 2.17. The molecule has 0 fully saturated rings. The van der Waals surface area contributed by atoms with Crippen LogP contribution in [0.15, 0.2) is 23.2 Å². The molecule has 2 N–H and O–H groups in total. The lowest BCUT2D eigenvalue weighted by Crippen LogP contribution is -2.38. The Balaban J connectivity index is 0.00000288. The van der Waals surface area contributed by atoms with Crippen LogP contribution >= 0.6 is 35.3 Å². The number of aliphatic imine (C=N–C) groups is 1. The second kappa shape index (κ2) is 9.87. The molecule has 1 aromatic heterocycles. The monoisotopic (exact) mass is 466 g/mol. The Labute approximate surface area is 161 Å². The van der Waals surface area contributed by atoms with Crippen LogP contribution in [0.4, 0.5) is 8.78 Å². The molecule has 2 aromatic rings. The predicted molar refractivity (Wildman–Crippen MR) is 105 cm³/mol. The fourth-order valence-corrected chi connectivity index (χ4v) is 3.11. The lowest BCUT2D eigenvalue weighted by Gasteiger charge is -2.12. The number of rotatable bonds is 5. The zero-order chi connectivity index (χ0) is 16.8. The Morgan fingerprint density at radius 2 is 2.00 bits per heavy atom. The van der Waals surface area contributed by atoms with E-state index in [9.17, 15) is 8.78 Å². The number of thiazole rings is 1. The average molecular weight is 466 g/mol. The fourth-order valence-electron chi connectivity index (χ4n) is 2.18. The first kappa shape index (κ1) is 20.8. The molecular formula is C16H21F2IN4S. The summed E-state index contributed by atoms with van der Waals surface area (Å²) >= 11 is 1.68. The number of aromatic nitrogens is 1. The molecule has 0 saturated heterocycles. The minimum absolute atomic E-state index is 0. The van der Waals surface area contributed by atoms with Gasteiger partial charge in [-0.15, -0.1) is 35.3 Å². The third kappa shape index (κ3) is 5.97. The number of hydrogen-bond donors (Lipinski definition) is 2. The van der Waals surface area contributed by atoms with Gasteiger partial charge in [0.1, 0.15) is 11.6 Å². The van der Waals surface area contributed by atoms with Gasteiger partial charge in [-0.2, -0.15) is 0 Å². The van der Waals surface area contributed by atoms with Gasteiger partial charge in [-0.25, -0.2) is 13.8 Å². The molecule has 0 aliphatic heterocycles. The molecule has 0 saturated carbocycles. The molecule has 24 heavy (non-hydrogen) atoms. The Kier molecular flexibility index (Phi) is 8.54. The lowest BCUT2D eigenvalue weighted by molar-refractivity contribution is 0.581. The molecule has 0 aliphatic carbocycles. The first-order valence-corrected chi connectivity index (χ1v) is 8.12. The van der Waals surface area contributed by atoms with E-state index in [2.05, 4.69) is 20.6 Å². The number of guanidine groups is 1. The number of halogens is 3. The van der Waals surface area contributed by atoms with Crippen molar-refractivity contribution in [3.05, 3.63) is 51.0 Å². The summed E-state index contributed by atoms with van der Waals surface area (Å²) in [5.41, 5.74) is 1.32. The summed E-state index contributed by atoms with van der Waals surface area (Å²) in [5, 5.41) is 7.20. The number of nitrogens with one attached hydrogen (secondary N) is 2. The third-order valence-electron chi connectivity index (χ3n) is 3.32. The maximum Gasteiger partial charge on any atom is 0.191 e. The fraction of sp³-hybridized carbons (Fsp3) is 0.375. The van der Waals surface area contributed by atoms with E-state index in [-0.39, 0.29) is 36.1 Å². The van der Waals surface area contributed by atoms with Gasteiger partial charge in [-0.1, -0.05) is 0 Å². The first-order chi connectivity index (χ1) is 11.0. The van der Waals surface area contributed by atoms with Crippen molar-refractivity contribution in [2.24, 2.45) is 4.99 Å². The summed E-state index contributed by atoms with van der Waals surface area (Å²) in [6.45, 7) is 4.84. The second-order valence-electron chi connectivity index (χ2n) is 5.08. The van der Waals surface area contributed by atoms with Gasteiger partial charge in [-0.05, 0) is 32.0 Å². The summed E-state index contributed by atoms with van der Waals surface area (Å²) in [6.07, 6.45) is 0.840. The quantitative estimate of drug-likeness (QED) is 0.403. The molecular weight excluding hydrogens is 445 g/mol. The molecule has 8 heteroatoms. The van der Waals surface area contributed by atoms with Crippen molar-refractivity contribution in [2.45, 2.75) is 26.8 Å². The van der Waals surface area contributed by atoms with Crippen molar-refractivity contribution >= 4 is 41.3 Å². The Morgan fingerprint density at radius 1 is 1.25 bits per heavy atom. The zero-order valence-electron chi connectivity index (χ0n) is 13.8. The molecule has 132 valence electrons. The molecule has 0 unspecified atom stereocenters. The van der Waals surface area contributed by atoms with E-state index in [1.54, 1.807) is 18.4 Å². The number of nitrogens with zero attached hydrogens (tertiary/aromatic N) is 2. The van der Waals surface area contributed by atoms with Crippen molar-refractivity contribution in [1.82, 2.24) is 15.6 Å². The van der Waals surface area contributed by atoms with Crippen LogP contribution in [0.3, 0.4) is 0 Å². The largest absolute Gasteiger partial charge is 0.356 e. The van der Waals surface area contributed by atoms with E-state index in [1.165, 1.54) is 10.9 Å². The second-order valence-corrected chi connectivity index (χ2v) is 6.37. The molecule has 1 heterocycles. The van der Waals surface area contributed by atoms with Gasteiger partial charge in [0.25, 0.3) is 0 Å². The van der Waals surface area contributed by atoms with Gasteiger partial charge in [0.2, 0.25) is 0 Å². The van der Waals surface area contributed by atoms with Crippen molar-refractivity contribution in [2.75, 3.05) is 13.6 Å². The molecule has 0 bridgehead atoms. The highest BCUT2D eigenvalue weighted by atomic mass is 127. The summed E-state index contributed by atoms with van der Waals surface area (Å²) < 4.78 is 26.7. The molecule has 0 atom stereocenters. The van der Waals surface area contributed by atoms with E-state index in [0.717, 1.165) is 29.3 Å². The third-order valence-corrected chi connectivity index (χ3v) is 4.45. The standard InChI is InChI=1S/C16H20F2N4S.HI/c1-10-15(23-11(2)22-10)6-7-20-16(19-3)21-9-12-8-13(17)4-5-14(12)18;/h4-5,8H,6-7,9H2,1-3H3,(H2,19,20,21);1H. The number of benzene rings is 1. The Bertz CT molecular complexity index is 703. The average Bonchev–Trinajstić information content (AvgIpc) is 2.83. The molecule has 0 radical (unpaired) electrons. The van der Waals surface area contributed by atoms with Crippen molar-refractivity contribution < 1.29 is 8.78 Å². The van der Waals surface area contributed by atoms with Crippen molar-refractivity contribution in [3.8, 4) is 0 Å². The van der Waals surface area contributed by atoms with E-state index < -0.39 is 11.6 Å². The van der Waals surface area contributed by atoms with Gasteiger partial charge >= 0.3 is 0 Å². The molecule has 0 spiro atoms. The van der Waals surface area contributed by atoms with Crippen LogP contribution in [0, 0.1) is 25.5 Å². The summed E-state index contributed by atoms with van der Waals surface area (Å²) in [7, 11) is 1.64. The van der Waals surface area contributed by atoms with E-state index >= 15 is 0 Å². The highest BCUT2D eigenvalue weighted by molar-refractivity contribution is 14.0. The maximum atomic E-state index is 13.6. The van der Waals surface area contributed by atoms with Gasteiger partial charge in [0, 0.05) is 37.0 Å². The zero-order valence-corrected chi connectivity index (χ0v) is 17.0. The predicted octanol–water partition coefficient (Wildman–Crippen LogP) is 3.56. The molecule has 4 nitrogen and oxygen atoms in total. The van der Waals surface area contributed by atoms with Crippen molar-refractivity contribution in [3.63, 3.8) is 0 Å². The number of aryl methyl sites for hydroxylation is 2. The van der Waals surface area contributed by atoms with Gasteiger partial charge in [0.05, 0.1) is 10.7 Å². The summed E-state index contributed by atoms with van der Waals surface area (Å²) in [4.78, 5) is 9.71. The topological polar surface area (TPSA) is 49.3 Å². The SMILES string of the molecule is CN=C(NCCc1sc(C)nc1C)NCc1cc(F)ccc1F.I. The molecule has 0 amide bonds. The minimum atomic E-state index is -0.456. The smallest absolute Gasteiger partial charge is 0.191 e. The van der Waals surface area contributed by atoms with Gasteiger partial charge in [0.15, 0.2) is 5.96 Å². The Morgan fingerprint density at radius 3 is 2.62 bits per heavy atom. The maximum absolute atomic E-state index is 13.6. The van der Waals surface area contributed by atoms with Crippen LogP contribution in [0.25, 0.3) is 0 Å². The van der Waals surface area contributed by atoms with Crippen LogP contribution in [0.2, 0.25) is 0 Å². The van der Waals surface area contributed by atoms with Crippen LogP contribution < -0.4 is 10.6 Å².